The summed E-state index contributed by atoms with van der Waals surface area (Å²) in [5.41, 5.74) is 8.26. The summed E-state index contributed by atoms with van der Waals surface area (Å²) in [6, 6.07) is 12.6. The number of fused-ring (bicyclic) bond motifs is 1. The summed E-state index contributed by atoms with van der Waals surface area (Å²) in [5.74, 6) is 0.219. The molecule has 3 aromatic rings. The zero-order chi connectivity index (χ0) is 20.1. The topological polar surface area (TPSA) is 114 Å². The van der Waals surface area contributed by atoms with Crippen LogP contribution in [0.15, 0.2) is 48.7 Å². The summed E-state index contributed by atoms with van der Waals surface area (Å²) in [4.78, 5) is 23.8. The molecule has 8 nitrogen and oxygen atoms in total. The predicted octanol–water partition coefficient (Wildman–Crippen LogP) is 1.36. The van der Waals surface area contributed by atoms with Crippen LogP contribution in [0.1, 0.15) is 25.2 Å². The van der Waals surface area contributed by atoms with Gasteiger partial charge in [0.25, 0.3) is 0 Å². The van der Waals surface area contributed by atoms with Gasteiger partial charge in [0.15, 0.2) is 5.65 Å². The molecule has 1 aromatic carbocycles. The summed E-state index contributed by atoms with van der Waals surface area (Å²) >= 11 is 0. The van der Waals surface area contributed by atoms with Gasteiger partial charge in [-0.15, -0.1) is 10.2 Å². The molecule has 0 aliphatic heterocycles. The molecule has 28 heavy (non-hydrogen) atoms. The van der Waals surface area contributed by atoms with E-state index < -0.39 is 6.04 Å². The lowest BCUT2D eigenvalue weighted by molar-refractivity contribution is -0.125. The fourth-order valence-corrected chi connectivity index (χ4v) is 2.69. The second-order valence-electron chi connectivity index (χ2n) is 6.95. The SMILES string of the molecule is CC(C)[C@H](N)C(=O)NCC(=O)Nc1ccc(Cc2nnc3ccccn23)cc1. The molecule has 3 rings (SSSR count). The maximum Gasteiger partial charge on any atom is 0.243 e. The highest BCUT2D eigenvalue weighted by atomic mass is 16.2. The minimum atomic E-state index is -0.625. The molecule has 8 heteroatoms. The van der Waals surface area contributed by atoms with Crippen LogP contribution in [0.2, 0.25) is 0 Å². The molecule has 4 N–H and O–H groups in total. The first-order valence-corrected chi connectivity index (χ1v) is 9.15. The van der Waals surface area contributed by atoms with Crippen molar-refractivity contribution < 1.29 is 9.59 Å². The lowest BCUT2D eigenvalue weighted by atomic mass is 10.1. The van der Waals surface area contributed by atoms with Gasteiger partial charge in [-0.25, -0.2) is 0 Å². The van der Waals surface area contributed by atoms with Gasteiger partial charge in [-0.3, -0.25) is 14.0 Å². The summed E-state index contributed by atoms with van der Waals surface area (Å²) in [5, 5.41) is 13.7. The minimum absolute atomic E-state index is 0.0120. The third-order valence-corrected chi connectivity index (χ3v) is 4.43. The van der Waals surface area contributed by atoms with Gasteiger partial charge in [0.05, 0.1) is 12.6 Å². The lowest BCUT2D eigenvalue weighted by Crippen LogP contribution is -2.46. The fraction of sp³-hybridized carbons (Fsp3) is 0.300. The summed E-state index contributed by atoms with van der Waals surface area (Å²) < 4.78 is 1.94. The number of anilines is 1. The molecule has 0 fully saturated rings. The number of nitrogens with one attached hydrogen (secondary N) is 2. The minimum Gasteiger partial charge on any atom is -0.346 e. The van der Waals surface area contributed by atoms with Gasteiger partial charge < -0.3 is 16.4 Å². The summed E-state index contributed by atoms with van der Waals surface area (Å²) in [7, 11) is 0. The van der Waals surface area contributed by atoms with E-state index in [0.29, 0.717) is 12.1 Å². The molecule has 2 amide bonds. The lowest BCUT2D eigenvalue weighted by Gasteiger charge is -2.15. The molecule has 0 saturated carbocycles. The van der Waals surface area contributed by atoms with Gasteiger partial charge in [-0.2, -0.15) is 0 Å². The number of aromatic nitrogens is 3. The van der Waals surface area contributed by atoms with Gasteiger partial charge in [0.1, 0.15) is 5.82 Å². The van der Waals surface area contributed by atoms with E-state index >= 15 is 0 Å². The van der Waals surface area contributed by atoms with E-state index in [1.807, 2.05) is 66.9 Å². The standard InChI is InChI=1S/C20H24N6O2/c1-13(2)19(21)20(28)22-12-18(27)23-15-8-6-14(7-9-15)11-17-25-24-16-5-3-4-10-26(16)17/h3-10,13,19H,11-12,21H2,1-2H3,(H,22,28)(H,23,27)/t19-/m0/s1. The molecule has 2 heterocycles. The molecular weight excluding hydrogens is 356 g/mol. The van der Waals surface area contributed by atoms with Crippen LogP contribution in [-0.4, -0.2) is 39.0 Å². The first kappa shape index (κ1) is 19.5. The first-order chi connectivity index (χ1) is 13.4. The van der Waals surface area contributed by atoms with E-state index in [-0.39, 0.29) is 24.3 Å². The molecule has 1 atom stereocenters. The molecule has 0 saturated heterocycles. The number of carbonyl (C=O) groups excluding carboxylic acids is 2. The molecular formula is C20H24N6O2. The average molecular weight is 380 g/mol. The number of nitrogens with two attached hydrogens (primary N) is 1. The Labute approximate surface area is 163 Å². The van der Waals surface area contributed by atoms with E-state index in [9.17, 15) is 9.59 Å². The molecule has 0 unspecified atom stereocenters. The van der Waals surface area contributed by atoms with E-state index in [1.165, 1.54) is 0 Å². The van der Waals surface area contributed by atoms with Gasteiger partial charge in [-0.1, -0.05) is 32.0 Å². The Balaban J connectivity index is 1.54. The quantitative estimate of drug-likeness (QED) is 0.573. The van der Waals surface area contributed by atoms with Crippen LogP contribution in [-0.2, 0) is 16.0 Å². The highest BCUT2D eigenvalue weighted by molar-refractivity contribution is 5.95. The second kappa shape index (κ2) is 8.62. The van der Waals surface area contributed by atoms with Crippen molar-refractivity contribution in [3.05, 3.63) is 60.0 Å². The van der Waals surface area contributed by atoms with E-state index in [1.54, 1.807) is 0 Å². The summed E-state index contributed by atoms with van der Waals surface area (Å²) in [6.07, 6.45) is 2.56. The van der Waals surface area contributed by atoms with Gasteiger partial charge in [-0.05, 0) is 35.7 Å². The predicted molar refractivity (Wildman–Crippen MR) is 107 cm³/mol. The number of hydrogen-bond donors (Lipinski definition) is 3. The highest BCUT2D eigenvalue weighted by Crippen LogP contribution is 2.13. The maximum atomic E-state index is 12.0. The largest absolute Gasteiger partial charge is 0.346 e. The number of rotatable bonds is 7. The number of benzene rings is 1. The Morgan fingerprint density at radius 3 is 2.57 bits per heavy atom. The Hall–Kier alpha value is -3.26. The van der Waals surface area contributed by atoms with Crippen molar-refractivity contribution in [2.24, 2.45) is 11.7 Å². The zero-order valence-corrected chi connectivity index (χ0v) is 15.9. The second-order valence-corrected chi connectivity index (χ2v) is 6.95. The van der Waals surface area contributed by atoms with Crippen LogP contribution in [0.4, 0.5) is 5.69 Å². The number of nitrogens with zero attached hydrogens (tertiary/aromatic N) is 3. The smallest absolute Gasteiger partial charge is 0.243 e. The Bertz CT molecular complexity index is 964. The molecule has 0 aliphatic carbocycles. The normalized spacial score (nSPS) is 12.1. The molecule has 2 aromatic heterocycles. The van der Waals surface area contributed by atoms with Gasteiger partial charge >= 0.3 is 0 Å². The number of amides is 2. The van der Waals surface area contributed by atoms with Crippen LogP contribution >= 0.6 is 0 Å². The zero-order valence-electron chi connectivity index (χ0n) is 15.9. The van der Waals surface area contributed by atoms with E-state index in [4.69, 9.17) is 5.73 Å². The first-order valence-electron chi connectivity index (χ1n) is 9.15. The van der Waals surface area contributed by atoms with Crippen LogP contribution in [0.5, 0.6) is 0 Å². The number of hydrogen-bond acceptors (Lipinski definition) is 5. The monoisotopic (exact) mass is 380 g/mol. The van der Waals surface area contributed by atoms with Crippen LogP contribution in [0, 0.1) is 5.92 Å². The maximum absolute atomic E-state index is 12.0. The van der Waals surface area contributed by atoms with Crippen molar-refractivity contribution in [2.75, 3.05) is 11.9 Å². The molecule has 0 bridgehead atoms. The van der Waals surface area contributed by atoms with Gasteiger partial charge in [0.2, 0.25) is 11.8 Å². The Kier molecular flexibility index (Phi) is 6.00. The van der Waals surface area contributed by atoms with Crippen LogP contribution in [0.25, 0.3) is 5.65 Å². The van der Waals surface area contributed by atoms with Crippen molar-refractivity contribution in [1.29, 1.82) is 0 Å². The van der Waals surface area contributed by atoms with Gasteiger partial charge in [0, 0.05) is 18.3 Å². The van der Waals surface area contributed by atoms with Crippen molar-refractivity contribution in [3.63, 3.8) is 0 Å². The third-order valence-electron chi connectivity index (χ3n) is 4.43. The van der Waals surface area contributed by atoms with E-state index in [2.05, 4.69) is 20.8 Å². The average Bonchev–Trinajstić information content (AvgIpc) is 3.10. The number of carbonyl (C=O) groups is 2. The van der Waals surface area contributed by atoms with Crippen molar-refractivity contribution in [1.82, 2.24) is 19.9 Å². The van der Waals surface area contributed by atoms with Crippen LogP contribution < -0.4 is 16.4 Å². The molecule has 0 aliphatic rings. The third kappa shape index (κ3) is 4.72. The fourth-order valence-electron chi connectivity index (χ4n) is 2.69. The molecule has 0 spiro atoms. The Morgan fingerprint density at radius 2 is 1.86 bits per heavy atom. The number of pyridine rings is 1. The van der Waals surface area contributed by atoms with Crippen molar-refractivity contribution in [3.8, 4) is 0 Å². The van der Waals surface area contributed by atoms with Crippen molar-refractivity contribution >= 4 is 23.1 Å². The Morgan fingerprint density at radius 1 is 1.11 bits per heavy atom. The summed E-state index contributed by atoms with van der Waals surface area (Å²) in [6.45, 7) is 3.59. The van der Waals surface area contributed by atoms with Crippen LogP contribution in [0.3, 0.4) is 0 Å². The molecule has 0 radical (unpaired) electrons. The van der Waals surface area contributed by atoms with Crippen molar-refractivity contribution in [2.45, 2.75) is 26.3 Å². The highest BCUT2D eigenvalue weighted by Gasteiger charge is 2.17. The van der Waals surface area contributed by atoms with E-state index in [0.717, 1.165) is 17.0 Å². The molecule has 146 valence electrons.